The highest BCUT2D eigenvalue weighted by atomic mass is 35.5. The van der Waals surface area contributed by atoms with Crippen LogP contribution in [0.5, 0.6) is 5.75 Å². The second-order valence-electron chi connectivity index (χ2n) is 8.17. The van der Waals surface area contributed by atoms with Gasteiger partial charge in [0.25, 0.3) is 0 Å². The van der Waals surface area contributed by atoms with Crippen LogP contribution in [-0.2, 0) is 6.42 Å². The molecule has 3 heterocycles. The third-order valence-corrected chi connectivity index (χ3v) is 6.88. The minimum Gasteiger partial charge on any atom is -0.494 e. The topological polar surface area (TPSA) is 17.4 Å². The lowest BCUT2D eigenvalue weighted by Gasteiger charge is -2.32. The lowest BCUT2D eigenvalue weighted by atomic mass is 9.97. The zero-order chi connectivity index (χ0) is 20.3. The van der Waals surface area contributed by atoms with E-state index in [1.54, 1.807) is 6.07 Å². The first-order valence-corrected chi connectivity index (χ1v) is 10.4. The molecule has 5 heteroatoms. The third kappa shape index (κ3) is 2.89. The maximum Gasteiger partial charge on any atom is 0.165 e. The number of hydrogen-bond donors (Lipinski definition) is 0. The predicted molar refractivity (Wildman–Crippen MR) is 117 cm³/mol. The first kappa shape index (κ1) is 18.7. The van der Waals surface area contributed by atoms with Gasteiger partial charge in [0.1, 0.15) is 0 Å². The highest BCUT2D eigenvalue weighted by Gasteiger charge is 2.40. The van der Waals surface area contributed by atoms with Crippen LogP contribution in [0.2, 0.25) is 5.02 Å². The third-order valence-electron chi connectivity index (χ3n) is 6.64. The van der Waals surface area contributed by atoms with Gasteiger partial charge in [0.15, 0.2) is 11.6 Å². The van der Waals surface area contributed by atoms with Crippen molar-refractivity contribution >= 4 is 34.3 Å². The van der Waals surface area contributed by atoms with Crippen molar-refractivity contribution in [2.24, 2.45) is 0 Å². The lowest BCUT2D eigenvalue weighted by Crippen LogP contribution is -2.34. The number of hydrogen-bond acceptors (Lipinski definition) is 2. The fraction of sp³-hybridized carbons (Fsp3) is 0.333. The highest BCUT2D eigenvalue weighted by Crippen LogP contribution is 2.47. The Labute approximate surface area is 175 Å². The monoisotopic (exact) mass is 410 g/mol. The summed E-state index contributed by atoms with van der Waals surface area (Å²) < 4.78 is 21.6. The van der Waals surface area contributed by atoms with Gasteiger partial charge in [0.05, 0.1) is 12.6 Å². The summed E-state index contributed by atoms with van der Waals surface area (Å²) in [5, 5.41) is 1.99. The van der Waals surface area contributed by atoms with Gasteiger partial charge in [-0.15, -0.1) is 0 Å². The number of methoxy groups -OCH3 is 1. The molecule has 1 fully saturated rings. The standard InChI is InChI=1S/C24H24ClFN2O/c1-14(15-4-9-23(29-3)19(26)10-15)13-28-20-7-5-16(25)11-18(20)24-21-8-6-17(27(21)2)12-22(24)28/h4-5,7,9-11,13,17,21H,6,8,12H2,1-3H3/b14-13+. The molecular formula is C24H24ClFN2O. The molecule has 0 radical (unpaired) electrons. The molecule has 0 aliphatic carbocycles. The van der Waals surface area contributed by atoms with Crippen LogP contribution in [0.3, 0.4) is 0 Å². The van der Waals surface area contributed by atoms with Crippen molar-refractivity contribution in [3.8, 4) is 5.75 Å². The fourth-order valence-electron chi connectivity index (χ4n) is 5.10. The van der Waals surface area contributed by atoms with E-state index in [-0.39, 0.29) is 11.6 Å². The molecule has 2 aromatic carbocycles. The van der Waals surface area contributed by atoms with Gasteiger partial charge in [0, 0.05) is 40.8 Å². The van der Waals surface area contributed by atoms with Gasteiger partial charge in [-0.25, -0.2) is 4.39 Å². The van der Waals surface area contributed by atoms with Crippen molar-refractivity contribution in [1.82, 2.24) is 9.47 Å². The van der Waals surface area contributed by atoms with Crippen LogP contribution in [0.15, 0.2) is 36.4 Å². The first-order valence-electron chi connectivity index (χ1n) is 10.0. The molecular weight excluding hydrogens is 387 g/mol. The quantitative estimate of drug-likeness (QED) is 0.515. The van der Waals surface area contributed by atoms with Crippen molar-refractivity contribution in [2.75, 3.05) is 14.2 Å². The number of likely N-dealkylation sites (N-methyl/N-ethyl adjacent to an activating group) is 1. The Morgan fingerprint density at radius 1 is 1.21 bits per heavy atom. The van der Waals surface area contributed by atoms with Crippen LogP contribution in [-0.4, -0.2) is 29.7 Å². The summed E-state index contributed by atoms with van der Waals surface area (Å²) in [5.74, 6) is -0.0804. The Hall–Kier alpha value is -2.30. The van der Waals surface area contributed by atoms with Crippen LogP contribution in [0.4, 0.5) is 4.39 Å². The molecule has 2 bridgehead atoms. The van der Waals surface area contributed by atoms with Crippen molar-refractivity contribution in [1.29, 1.82) is 0 Å². The molecule has 150 valence electrons. The van der Waals surface area contributed by atoms with Gasteiger partial charge < -0.3 is 9.30 Å². The molecule has 2 unspecified atom stereocenters. The maximum absolute atomic E-state index is 14.2. The SMILES string of the molecule is COc1ccc(/C(C)=C/n2c3c(c4cc(Cl)ccc42)C2CCC(C3)N2C)cc1F. The Kier molecular flexibility index (Phi) is 4.45. The van der Waals surface area contributed by atoms with Crippen LogP contribution < -0.4 is 4.74 Å². The number of ether oxygens (including phenoxy) is 1. The normalized spacial score (nSPS) is 21.6. The summed E-state index contributed by atoms with van der Waals surface area (Å²) >= 11 is 6.36. The number of nitrogens with zero attached hydrogens (tertiary/aromatic N) is 2. The summed E-state index contributed by atoms with van der Waals surface area (Å²) in [6, 6.07) is 12.3. The van der Waals surface area contributed by atoms with Crippen molar-refractivity contribution < 1.29 is 9.13 Å². The summed E-state index contributed by atoms with van der Waals surface area (Å²) in [6.45, 7) is 2.03. The Morgan fingerprint density at radius 3 is 2.79 bits per heavy atom. The largest absolute Gasteiger partial charge is 0.494 e. The van der Waals surface area contributed by atoms with Gasteiger partial charge in [-0.05, 0) is 73.8 Å². The van der Waals surface area contributed by atoms with Crippen LogP contribution in [0.1, 0.15) is 42.6 Å². The molecule has 0 saturated carbocycles. The number of rotatable bonds is 3. The molecule has 2 aliphatic heterocycles. The number of fused-ring (bicyclic) bond motifs is 6. The van der Waals surface area contributed by atoms with Gasteiger partial charge in [-0.1, -0.05) is 17.7 Å². The van der Waals surface area contributed by atoms with E-state index in [9.17, 15) is 4.39 Å². The van der Waals surface area contributed by atoms with Crippen LogP contribution in [0.25, 0.3) is 22.7 Å². The van der Waals surface area contributed by atoms with Gasteiger partial charge in [-0.3, -0.25) is 4.90 Å². The highest BCUT2D eigenvalue weighted by molar-refractivity contribution is 6.31. The molecule has 0 spiro atoms. The smallest absolute Gasteiger partial charge is 0.165 e. The summed E-state index contributed by atoms with van der Waals surface area (Å²) in [5.41, 5.74) is 5.79. The van der Waals surface area contributed by atoms with E-state index in [0.717, 1.165) is 28.1 Å². The zero-order valence-corrected chi connectivity index (χ0v) is 17.6. The number of aromatic nitrogens is 1. The average molecular weight is 411 g/mol. The molecule has 0 N–H and O–H groups in total. The van der Waals surface area contributed by atoms with E-state index >= 15 is 0 Å². The molecule has 3 nitrogen and oxygen atoms in total. The van der Waals surface area contributed by atoms with E-state index < -0.39 is 0 Å². The Balaban J connectivity index is 1.69. The Morgan fingerprint density at radius 2 is 2.03 bits per heavy atom. The lowest BCUT2D eigenvalue weighted by molar-refractivity contribution is 0.223. The number of benzene rings is 2. The molecule has 2 atom stereocenters. The van der Waals surface area contributed by atoms with Crippen molar-refractivity contribution in [3.63, 3.8) is 0 Å². The second-order valence-corrected chi connectivity index (χ2v) is 8.61. The summed E-state index contributed by atoms with van der Waals surface area (Å²) in [7, 11) is 3.72. The predicted octanol–water partition coefficient (Wildman–Crippen LogP) is 6.15. The molecule has 0 amide bonds. The van der Waals surface area contributed by atoms with E-state index in [0.29, 0.717) is 12.1 Å². The van der Waals surface area contributed by atoms with Gasteiger partial charge in [0.2, 0.25) is 0 Å². The zero-order valence-electron chi connectivity index (χ0n) is 16.9. The van der Waals surface area contributed by atoms with E-state index in [4.69, 9.17) is 16.3 Å². The van der Waals surface area contributed by atoms with Gasteiger partial charge >= 0.3 is 0 Å². The number of halogens is 2. The van der Waals surface area contributed by atoms with Crippen molar-refractivity contribution in [3.05, 3.63) is 64.1 Å². The van der Waals surface area contributed by atoms with Crippen LogP contribution in [0, 0.1) is 5.82 Å². The minimum absolute atomic E-state index is 0.264. The maximum atomic E-state index is 14.2. The molecule has 1 saturated heterocycles. The number of allylic oxidation sites excluding steroid dienone is 1. The first-order chi connectivity index (χ1) is 14.0. The minimum atomic E-state index is -0.344. The second kappa shape index (κ2) is 6.89. The summed E-state index contributed by atoms with van der Waals surface area (Å²) in [6.07, 6.45) is 5.58. The molecule has 29 heavy (non-hydrogen) atoms. The van der Waals surface area contributed by atoms with E-state index in [1.807, 2.05) is 19.1 Å². The fourth-order valence-corrected chi connectivity index (χ4v) is 5.27. The van der Waals surface area contributed by atoms with Gasteiger partial charge in [-0.2, -0.15) is 0 Å². The molecule has 3 aromatic rings. The molecule has 2 aliphatic rings. The van der Waals surface area contributed by atoms with E-state index in [1.165, 1.54) is 42.7 Å². The molecule has 5 rings (SSSR count). The van der Waals surface area contributed by atoms with Crippen molar-refractivity contribution in [2.45, 2.75) is 38.3 Å². The molecule has 1 aromatic heterocycles. The van der Waals surface area contributed by atoms with E-state index in [2.05, 4.69) is 34.8 Å². The Bertz CT molecular complexity index is 1150. The van der Waals surface area contributed by atoms with Crippen LogP contribution >= 0.6 is 11.6 Å². The average Bonchev–Trinajstić information content (AvgIpc) is 3.11. The summed E-state index contributed by atoms with van der Waals surface area (Å²) in [4.78, 5) is 2.52.